The average molecular weight is 396 g/mol. The lowest BCUT2D eigenvalue weighted by atomic mass is 9.97. The summed E-state index contributed by atoms with van der Waals surface area (Å²) in [4.78, 5) is 19.0. The lowest BCUT2D eigenvalue weighted by Gasteiger charge is -2.30. The zero-order valence-corrected chi connectivity index (χ0v) is 16.0. The first-order chi connectivity index (χ1) is 14.1. The summed E-state index contributed by atoms with van der Waals surface area (Å²) in [5.74, 6) is 0.585. The highest BCUT2D eigenvalue weighted by molar-refractivity contribution is 5.93. The maximum Gasteiger partial charge on any atom is 0.324 e. The highest BCUT2D eigenvalue weighted by atomic mass is 19.1. The van der Waals surface area contributed by atoms with Gasteiger partial charge >= 0.3 is 6.01 Å². The molecule has 1 aliphatic rings. The van der Waals surface area contributed by atoms with E-state index in [0.29, 0.717) is 24.1 Å². The average Bonchev–Trinajstić information content (AvgIpc) is 3.26. The van der Waals surface area contributed by atoms with E-state index in [4.69, 9.17) is 9.26 Å². The number of anilines is 2. The Morgan fingerprint density at radius 3 is 2.69 bits per heavy atom. The molecule has 0 spiro atoms. The Bertz CT molecular complexity index is 972. The van der Waals surface area contributed by atoms with Crippen molar-refractivity contribution >= 4 is 17.6 Å². The third-order valence-corrected chi connectivity index (χ3v) is 4.94. The van der Waals surface area contributed by atoms with Gasteiger partial charge in [-0.3, -0.25) is 4.79 Å². The zero-order valence-electron chi connectivity index (χ0n) is 16.0. The highest BCUT2D eigenvalue weighted by Crippen LogP contribution is 2.26. The number of methoxy groups -OCH3 is 1. The van der Waals surface area contributed by atoms with Crippen LogP contribution in [0.25, 0.3) is 11.4 Å². The molecule has 0 saturated carbocycles. The van der Waals surface area contributed by atoms with Crippen LogP contribution in [0.5, 0.6) is 5.75 Å². The fourth-order valence-electron chi connectivity index (χ4n) is 3.34. The molecule has 0 aliphatic carbocycles. The summed E-state index contributed by atoms with van der Waals surface area (Å²) >= 11 is 0. The van der Waals surface area contributed by atoms with Gasteiger partial charge in [0, 0.05) is 24.3 Å². The Kier molecular flexibility index (Phi) is 5.41. The monoisotopic (exact) mass is 396 g/mol. The van der Waals surface area contributed by atoms with E-state index in [1.165, 1.54) is 12.1 Å². The minimum Gasteiger partial charge on any atom is -0.497 e. The van der Waals surface area contributed by atoms with E-state index in [0.717, 1.165) is 30.7 Å². The Balaban J connectivity index is 1.42. The molecule has 29 heavy (non-hydrogen) atoms. The van der Waals surface area contributed by atoms with Crippen LogP contribution in [0.4, 0.5) is 16.1 Å². The number of carbonyl (C=O) groups is 1. The topological polar surface area (TPSA) is 80.5 Å². The van der Waals surface area contributed by atoms with E-state index in [1.807, 2.05) is 29.2 Å². The molecule has 1 aliphatic heterocycles. The summed E-state index contributed by atoms with van der Waals surface area (Å²) < 4.78 is 23.6. The number of piperidine rings is 1. The molecule has 7 nitrogen and oxygen atoms in total. The Hall–Kier alpha value is -3.42. The number of halogens is 1. The molecule has 0 bridgehead atoms. The third-order valence-electron chi connectivity index (χ3n) is 4.94. The van der Waals surface area contributed by atoms with Gasteiger partial charge in [0.25, 0.3) is 0 Å². The SMILES string of the molecule is COc1ccc(-c2noc(N3CCCC(C(=O)Nc4ccc(F)cc4)C3)n2)cc1. The van der Waals surface area contributed by atoms with E-state index in [1.54, 1.807) is 19.2 Å². The normalized spacial score (nSPS) is 16.5. The van der Waals surface area contributed by atoms with Crippen LogP contribution >= 0.6 is 0 Å². The van der Waals surface area contributed by atoms with Gasteiger partial charge in [0.15, 0.2) is 0 Å². The van der Waals surface area contributed by atoms with Gasteiger partial charge < -0.3 is 19.5 Å². The van der Waals surface area contributed by atoms with Gasteiger partial charge in [0.1, 0.15) is 11.6 Å². The highest BCUT2D eigenvalue weighted by Gasteiger charge is 2.28. The first-order valence-corrected chi connectivity index (χ1v) is 9.42. The van der Waals surface area contributed by atoms with Crippen molar-refractivity contribution < 1.29 is 18.4 Å². The number of hydrogen-bond acceptors (Lipinski definition) is 6. The molecule has 0 radical (unpaired) electrons. The van der Waals surface area contributed by atoms with E-state index in [9.17, 15) is 9.18 Å². The van der Waals surface area contributed by atoms with Crippen LogP contribution in [0, 0.1) is 11.7 Å². The fraction of sp³-hybridized carbons (Fsp3) is 0.286. The van der Waals surface area contributed by atoms with E-state index < -0.39 is 0 Å². The molecule has 8 heteroatoms. The number of benzene rings is 2. The summed E-state index contributed by atoms with van der Waals surface area (Å²) in [5, 5.41) is 6.90. The second-order valence-corrected chi connectivity index (χ2v) is 6.91. The van der Waals surface area contributed by atoms with Crippen LogP contribution in [0.2, 0.25) is 0 Å². The van der Waals surface area contributed by atoms with Crippen molar-refractivity contribution in [3.63, 3.8) is 0 Å². The van der Waals surface area contributed by atoms with Crippen molar-refractivity contribution in [3.05, 3.63) is 54.3 Å². The number of carbonyl (C=O) groups excluding carboxylic acids is 1. The molecule has 4 rings (SSSR count). The standard InChI is InChI=1S/C21H21FN4O3/c1-28-18-10-4-14(5-11-18)19-24-21(29-25-19)26-12-2-3-15(13-26)20(27)23-17-8-6-16(22)7-9-17/h4-11,15H,2-3,12-13H2,1H3,(H,23,27). The quantitative estimate of drug-likeness (QED) is 0.708. The maximum absolute atomic E-state index is 13.0. The smallest absolute Gasteiger partial charge is 0.324 e. The lowest BCUT2D eigenvalue weighted by molar-refractivity contribution is -0.120. The van der Waals surface area contributed by atoms with Crippen LogP contribution < -0.4 is 15.0 Å². The van der Waals surface area contributed by atoms with E-state index in [-0.39, 0.29) is 17.6 Å². The minimum absolute atomic E-state index is 0.101. The Labute approximate surface area is 167 Å². The molecule has 150 valence electrons. The molecule has 1 fully saturated rings. The molecular formula is C21H21FN4O3. The van der Waals surface area contributed by atoms with Crippen LogP contribution in [0.15, 0.2) is 53.1 Å². The van der Waals surface area contributed by atoms with Crippen LogP contribution in [-0.4, -0.2) is 36.2 Å². The number of hydrogen-bond donors (Lipinski definition) is 1. The summed E-state index contributed by atoms with van der Waals surface area (Å²) in [6.07, 6.45) is 1.60. The zero-order chi connectivity index (χ0) is 20.2. The Morgan fingerprint density at radius 1 is 1.21 bits per heavy atom. The van der Waals surface area contributed by atoms with Crippen LogP contribution in [0.1, 0.15) is 12.8 Å². The van der Waals surface area contributed by atoms with Crippen molar-refractivity contribution in [1.29, 1.82) is 0 Å². The first-order valence-electron chi connectivity index (χ1n) is 9.42. The molecule has 2 heterocycles. The van der Waals surface area contributed by atoms with Crippen LogP contribution in [0.3, 0.4) is 0 Å². The molecule has 3 aromatic rings. The summed E-state index contributed by atoms with van der Waals surface area (Å²) in [6, 6.07) is 13.5. The predicted molar refractivity (Wildman–Crippen MR) is 106 cm³/mol. The van der Waals surface area contributed by atoms with Gasteiger partial charge in [-0.05, 0) is 61.4 Å². The molecule has 2 aromatic carbocycles. The second-order valence-electron chi connectivity index (χ2n) is 6.91. The molecular weight excluding hydrogens is 375 g/mol. The van der Waals surface area contributed by atoms with Gasteiger partial charge in [-0.2, -0.15) is 4.98 Å². The van der Waals surface area contributed by atoms with Crippen molar-refractivity contribution in [1.82, 2.24) is 10.1 Å². The Morgan fingerprint density at radius 2 is 1.97 bits per heavy atom. The lowest BCUT2D eigenvalue weighted by Crippen LogP contribution is -2.41. The molecule has 1 atom stereocenters. The van der Waals surface area contributed by atoms with Gasteiger partial charge in [-0.1, -0.05) is 5.16 Å². The van der Waals surface area contributed by atoms with Crippen molar-refractivity contribution in [2.75, 3.05) is 30.4 Å². The number of aromatic nitrogens is 2. The fourth-order valence-corrected chi connectivity index (χ4v) is 3.34. The largest absolute Gasteiger partial charge is 0.497 e. The van der Waals surface area contributed by atoms with Crippen molar-refractivity contribution in [2.45, 2.75) is 12.8 Å². The molecule has 1 N–H and O–H groups in total. The van der Waals surface area contributed by atoms with Crippen molar-refractivity contribution in [3.8, 4) is 17.1 Å². The second kappa shape index (κ2) is 8.30. The number of rotatable bonds is 5. The van der Waals surface area contributed by atoms with Gasteiger partial charge in [-0.15, -0.1) is 0 Å². The summed E-state index contributed by atoms with van der Waals surface area (Å²) in [7, 11) is 1.61. The number of ether oxygens (including phenoxy) is 1. The first kappa shape index (κ1) is 18.9. The molecule has 1 aromatic heterocycles. The van der Waals surface area contributed by atoms with Crippen LogP contribution in [-0.2, 0) is 4.79 Å². The number of amides is 1. The molecule has 1 saturated heterocycles. The van der Waals surface area contributed by atoms with E-state index in [2.05, 4.69) is 15.5 Å². The van der Waals surface area contributed by atoms with Crippen molar-refractivity contribution in [2.24, 2.45) is 5.92 Å². The summed E-state index contributed by atoms with van der Waals surface area (Å²) in [6.45, 7) is 1.22. The molecule has 1 unspecified atom stereocenters. The van der Waals surface area contributed by atoms with Gasteiger partial charge in [-0.25, -0.2) is 4.39 Å². The number of nitrogens with zero attached hydrogens (tertiary/aromatic N) is 3. The number of nitrogens with one attached hydrogen (secondary N) is 1. The molecule has 1 amide bonds. The maximum atomic E-state index is 13.0. The van der Waals surface area contributed by atoms with Gasteiger partial charge in [0.05, 0.1) is 13.0 Å². The predicted octanol–water partition coefficient (Wildman–Crippen LogP) is 3.74. The third kappa shape index (κ3) is 4.37. The van der Waals surface area contributed by atoms with Gasteiger partial charge in [0.2, 0.25) is 11.7 Å². The summed E-state index contributed by atoms with van der Waals surface area (Å²) in [5.41, 5.74) is 1.40. The minimum atomic E-state index is -0.337. The van der Waals surface area contributed by atoms with E-state index >= 15 is 0 Å².